The number of nitrogens with one attached hydrogen (secondary N) is 1. The van der Waals surface area contributed by atoms with Gasteiger partial charge < -0.3 is 10.2 Å². The molecule has 0 spiro atoms. The van der Waals surface area contributed by atoms with Crippen LogP contribution in [0.1, 0.15) is 44.0 Å². The van der Waals surface area contributed by atoms with Gasteiger partial charge in [-0.15, -0.1) is 0 Å². The average Bonchev–Trinajstić information content (AvgIpc) is 2.48. The number of carbonyl (C=O) groups is 1. The molecule has 0 aliphatic rings. The summed E-state index contributed by atoms with van der Waals surface area (Å²) in [6.45, 7) is 7.88. The van der Waals surface area contributed by atoms with Crippen LogP contribution in [-0.2, 0) is 0 Å². The molecule has 1 aromatic heterocycles. The smallest absolute Gasteiger partial charge is 0.257 e. The number of aromatic nitrogens is 1. The molecule has 112 valence electrons. The molecule has 0 atom stereocenters. The molecule has 4 nitrogen and oxygen atoms in total. The lowest BCUT2D eigenvalue weighted by atomic mass is 10.0. The molecule has 0 aliphatic carbocycles. The van der Waals surface area contributed by atoms with Gasteiger partial charge in [-0.1, -0.05) is 26.7 Å². The van der Waals surface area contributed by atoms with Gasteiger partial charge in [-0.3, -0.25) is 4.79 Å². The maximum atomic E-state index is 12.7. The summed E-state index contributed by atoms with van der Waals surface area (Å²) in [5, 5.41) is 2.98. The molecule has 0 aromatic carbocycles. The molecule has 1 aromatic rings. The Morgan fingerprint density at radius 1 is 1.40 bits per heavy atom. The van der Waals surface area contributed by atoms with E-state index in [9.17, 15) is 4.79 Å². The second-order valence-electron chi connectivity index (χ2n) is 4.83. The number of amides is 1. The molecule has 1 N–H and O–H groups in total. The zero-order valence-corrected chi connectivity index (χ0v) is 14.3. The second kappa shape index (κ2) is 8.25. The molecule has 1 heterocycles. The van der Waals surface area contributed by atoms with Gasteiger partial charge in [-0.05, 0) is 34.8 Å². The van der Waals surface area contributed by atoms with Crippen molar-refractivity contribution in [3.63, 3.8) is 0 Å². The number of hydrogen-bond acceptors (Lipinski definition) is 3. The summed E-state index contributed by atoms with van der Waals surface area (Å²) in [5.74, 6) is 1.22. The molecule has 20 heavy (non-hydrogen) atoms. The summed E-state index contributed by atoms with van der Waals surface area (Å²) in [6, 6.07) is 1.83. The van der Waals surface area contributed by atoms with Crippen LogP contribution in [0.5, 0.6) is 0 Å². The number of anilines is 1. The minimum atomic E-state index is 0.0394. The standard InChI is InChI=1S/C15H24BrN3O/c1-5-11(6-2)10-19(7-3)15(20)13-8-12(16)9-18-14(13)17-4/h8-9,11H,5-7,10H2,1-4H3,(H,17,18). The molecule has 1 rings (SSSR count). The summed E-state index contributed by atoms with van der Waals surface area (Å²) in [7, 11) is 1.78. The lowest BCUT2D eigenvalue weighted by molar-refractivity contribution is 0.0735. The molecule has 0 bridgehead atoms. The molecular weight excluding hydrogens is 318 g/mol. The number of pyridine rings is 1. The van der Waals surface area contributed by atoms with Crippen molar-refractivity contribution < 1.29 is 4.79 Å². The van der Waals surface area contributed by atoms with E-state index in [0.29, 0.717) is 23.8 Å². The minimum absolute atomic E-state index is 0.0394. The lowest BCUT2D eigenvalue weighted by Crippen LogP contribution is -2.35. The summed E-state index contributed by atoms with van der Waals surface area (Å²) >= 11 is 3.38. The lowest BCUT2D eigenvalue weighted by Gasteiger charge is -2.26. The number of carbonyl (C=O) groups excluding carboxylic acids is 1. The van der Waals surface area contributed by atoms with Crippen LogP contribution in [0.3, 0.4) is 0 Å². The third kappa shape index (κ3) is 4.20. The Balaban J connectivity index is 2.98. The number of rotatable bonds is 7. The highest BCUT2D eigenvalue weighted by Gasteiger charge is 2.20. The quantitative estimate of drug-likeness (QED) is 0.820. The molecule has 0 saturated carbocycles. The Kier molecular flexibility index (Phi) is 6.99. The van der Waals surface area contributed by atoms with Crippen molar-refractivity contribution in [1.29, 1.82) is 0 Å². The van der Waals surface area contributed by atoms with Crippen LogP contribution < -0.4 is 5.32 Å². The molecule has 0 aliphatic heterocycles. The topological polar surface area (TPSA) is 45.2 Å². The normalized spacial score (nSPS) is 10.7. The van der Waals surface area contributed by atoms with Crippen LogP contribution in [-0.4, -0.2) is 35.9 Å². The van der Waals surface area contributed by atoms with E-state index in [1.54, 1.807) is 13.2 Å². The first kappa shape index (κ1) is 17.0. The average molecular weight is 342 g/mol. The van der Waals surface area contributed by atoms with Crippen molar-refractivity contribution in [3.05, 3.63) is 22.3 Å². The predicted molar refractivity (Wildman–Crippen MR) is 87.1 cm³/mol. The highest BCUT2D eigenvalue weighted by atomic mass is 79.9. The zero-order chi connectivity index (χ0) is 15.1. The molecular formula is C15H24BrN3O. The number of nitrogens with zero attached hydrogens (tertiary/aromatic N) is 2. The molecule has 0 radical (unpaired) electrons. The first-order valence-electron chi connectivity index (χ1n) is 7.19. The van der Waals surface area contributed by atoms with Crippen molar-refractivity contribution in [2.24, 2.45) is 5.92 Å². The highest BCUT2D eigenvalue weighted by molar-refractivity contribution is 9.10. The predicted octanol–water partition coefficient (Wildman–Crippen LogP) is 3.78. The van der Waals surface area contributed by atoms with E-state index in [4.69, 9.17) is 0 Å². The van der Waals surface area contributed by atoms with Crippen molar-refractivity contribution >= 4 is 27.7 Å². The van der Waals surface area contributed by atoms with E-state index in [2.05, 4.69) is 40.1 Å². The van der Waals surface area contributed by atoms with Gasteiger partial charge in [0, 0.05) is 30.8 Å². The van der Waals surface area contributed by atoms with Gasteiger partial charge in [-0.2, -0.15) is 0 Å². The summed E-state index contributed by atoms with van der Waals surface area (Å²) < 4.78 is 0.818. The Morgan fingerprint density at radius 2 is 2.05 bits per heavy atom. The van der Waals surface area contributed by atoms with E-state index in [1.807, 2.05) is 17.9 Å². The minimum Gasteiger partial charge on any atom is -0.372 e. The Morgan fingerprint density at radius 3 is 2.55 bits per heavy atom. The fourth-order valence-corrected chi connectivity index (χ4v) is 2.52. The maximum Gasteiger partial charge on any atom is 0.257 e. The first-order chi connectivity index (χ1) is 9.57. The summed E-state index contributed by atoms with van der Waals surface area (Å²) in [5.41, 5.74) is 0.620. The Hall–Kier alpha value is -1.10. The highest BCUT2D eigenvalue weighted by Crippen LogP contribution is 2.20. The van der Waals surface area contributed by atoms with Gasteiger partial charge in [0.1, 0.15) is 5.82 Å². The molecule has 0 unspecified atom stereocenters. The van der Waals surface area contributed by atoms with Crippen LogP contribution in [0, 0.1) is 5.92 Å². The van der Waals surface area contributed by atoms with Gasteiger partial charge in [0.15, 0.2) is 0 Å². The third-order valence-corrected chi connectivity index (χ3v) is 4.06. The fourth-order valence-electron chi connectivity index (χ4n) is 2.19. The summed E-state index contributed by atoms with van der Waals surface area (Å²) in [4.78, 5) is 18.9. The van der Waals surface area contributed by atoms with Crippen molar-refractivity contribution in [1.82, 2.24) is 9.88 Å². The van der Waals surface area contributed by atoms with Gasteiger partial charge in [0.25, 0.3) is 5.91 Å². The second-order valence-corrected chi connectivity index (χ2v) is 5.74. The van der Waals surface area contributed by atoms with E-state index in [1.165, 1.54) is 0 Å². The molecule has 5 heteroatoms. The third-order valence-electron chi connectivity index (χ3n) is 3.62. The van der Waals surface area contributed by atoms with Crippen molar-refractivity contribution in [2.45, 2.75) is 33.6 Å². The fraction of sp³-hybridized carbons (Fsp3) is 0.600. The SMILES string of the molecule is CCC(CC)CN(CC)C(=O)c1cc(Br)cnc1NC. The van der Waals surface area contributed by atoms with E-state index >= 15 is 0 Å². The number of hydrogen-bond donors (Lipinski definition) is 1. The van der Waals surface area contributed by atoms with Gasteiger partial charge in [-0.25, -0.2) is 4.98 Å². The Labute approximate surface area is 130 Å². The maximum absolute atomic E-state index is 12.7. The van der Waals surface area contributed by atoms with Crippen LogP contribution in [0.15, 0.2) is 16.7 Å². The largest absolute Gasteiger partial charge is 0.372 e. The van der Waals surface area contributed by atoms with Gasteiger partial charge in [0.2, 0.25) is 0 Å². The monoisotopic (exact) mass is 341 g/mol. The van der Waals surface area contributed by atoms with E-state index in [-0.39, 0.29) is 5.91 Å². The van der Waals surface area contributed by atoms with Crippen LogP contribution in [0.25, 0.3) is 0 Å². The van der Waals surface area contributed by atoms with Crippen LogP contribution in [0.2, 0.25) is 0 Å². The molecule has 0 saturated heterocycles. The number of halogens is 1. The van der Waals surface area contributed by atoms with Crippen molar-refractivity contribution in [2.75, 3.05) is 25.5 Å². The first-order valence-corrected chi connectivity index (χ1v) is 7.99. The van der Waals surface area contributed by atoms with Crippen LogP contribution >= 0.6 is 15.9 Å². The van der Waals surface area contributed by atoms with E-state index in [0.717, 1.165) is 23.9 Å². The summed E-state index contributed by atoms with van der Waals surface area (Å²) in [6.07, 6.45) is 3.88. The van der Waals surface area contributed by atoms with Crippen molar-refractivity contribution in [3.8, 4) is 0 Å². The van der Waals surface area contributed by atoms with Gasteiger partial charge in [0.05, 0.1) is 5.56 Å². The molecule has 1 amide bonds. The Bertz CT molecular complexity index is 447. The molecule has 0 fully saturated rings. The van der Waals surface area contributed by atoms with Gasteiger partial charge >= 0.3 is 0 Å². The van der Waals surface area contributed by atoms with E-state index < -0.39 is 0 Å². The zero-order valence-electron chi connectivity index (χ0n) is 12.7. The van der Waals surface area contributed by atoms with Crippen LogP contribution in [0.4, 0.5) is 5.82 Å².